The number of methoxy groups -OCH3 is 1. The van der Waals surface area contributed by atoms with Crippen LogP contribution in [0.2, 0.25) is 0 Å². The molecule has 2 aromatic carbocycles. The monoisotopic (exact) mass is 334 g/mol. The number of anilines is 2. The number of sulfonamides is 1. The topological polar surface area (TPSA) is 84.5 Å². The summed E-state index contributed by atoms with van der Waals surface area (Å²) in [5, 5.41) is 2.60. The van der Waals surface area contributed by atoms with Gasteiger partial charge >= 0.3 is 0 Å². The fraction of sp³-hybridized carbons (Fsp3) is 0.188. The van der Waals surface area contributed by atoms with E-state index < -0.39 is 10.0 Å². The van der Waals surface area contributed by atoms with Gasteiger partial charge in [0.25, 0.3) is 10.0 Å². The highest BCUT2D eigenvalue weighted by molar-refractivity contribution is 7.92. The number of benzene rings is 2. The molecule has 0 bridgehead atoms. The Morgan fingerprint density at radius 2 is 1.83 bits per heavy atom. The van der Waals surface area contributed by atoms with Gasteiger partial charge in [-0.25, -0.2) is 8.42 Å². The fourth-order valence-corrected chi connectivity index (χ4v) is 3.42. The molecule has 6 nitrogen and oxygen atoms in total. The third-order valence-corrected chi connectivity index (χ3v) is 4.69. The van der Waals surface area contributed by atoms with Crippen LogP contribution in [0.25, 0.3) is 0 Å². The molecule has 0 spiro atoms. The highest BCUT2D eigenvalue weighted by atomic mass is 32.2. The molecule has 0 fully saturated rings. The molecular formula is C16H18N2O4S. The van der Waals surface area contributed by atoms with Crippen molar-refractivity contribution in [1.82, 2.24) is 0 Å². The van der Waals surface area contributed by atoms with Gasteiger partial charge in [0.05, 0.1) is 23.4 Å². The van der Waals surface area contributed by atoms with Gasteiger partial charge in [-0.3, -0.25) is 9.52 Å². The zero-order chi connectivity index (χ0) is 17.0. The third-order valence-electron chi connectivity index (χ3n) is 3.15. The van der Waals surface area contributed by atoms with Crippen molar-refractivity contribution in [3.05, 3.63) is 48.0 Å². The quantitative estimate of drug-likeness (QED) is 0.880. The maximum atomic E-state index is 12.5. The number of carbonyl (C=O) groups excluding carboxylic acids is 1. The summed E-state index contributed by atoms with van der Waals surface area (Å²) in [6.07, 6.45) is 0. The lowest BCUT2D eigenvalue weighted by Crippen LogP contribution is -2.15. The third kappa shape index (κ3) is 4.01. The average molecular weight is 334 g/mol. The second-order valence-electron chi connectivity index (χ2n) is 4.97. The summed E-state index contributed by atoms with van der Waals surface area (Å²) < 4.78 is 32.6. The van der Waals surface area contributed by atoms with Gasteiger partial charge in [0, 0.05) is 6.92 Å². The molecule has 0 saturated heterocycles. The lowest BCUT2D eigenvalue weighted by Gasteiger charge is -2.13. The first kappa shape index (κ1) is 16.8. The Morgan fingerprint density at radius 1 is 1.13 bits per heavy atom. The molecule has 0 aliphatic heterocycles. The van der Waals surface area contributed by atoms with Crippen LogP contribution in [0.5, 0.6) is 5.75 Å². The van der Waals surface area contributed by atoms with Crippen LogP contribution in [0.3, 0.4) is 0 Å². The van der Waals surface area contributed by atoms with Crippen LogP contribution in [0.4, 0.5) is 11.4 Å². The van der Waals surface area contributed by atoms with E-state index in [4.69, 9.17) is 4.74 Å². The summed E-state index contributed by atoms with van der Waals surface area (Å²) in [7, 11) is -2.24. The molecule has 0 atom stereocenters. The summed E-state index contributed by atoms with van der Waals surface area (Å²) in [6, 6.07) is 11.4. The van der Waals surface area contributed by atoms with Crippen LogP contribution < -0.4 is 14.8 Å². The molecule has 2 aromatic rings. The zero-order valence-corrected chi connectivity index (χ0v) is 13.9. The van der Waals surface area contributed by atoms with Crippen molar-refractivity contribution in [3.63, 3.8) is 0 Å². The van der Waals surface area contributed by atoms with Crippen molar-refractivity contribution in [2.75, 3.05) is 17.1 Å². The van der Waals surface area contributed by atoms with Crippen LogP contribution in [0.1, 0.15) is 12.5 Å². The second-order valence-corrected chi connectivity index (χ2v) is 6.62. The lowest BCUT2D eigenvalue weighted by atomic mass is 10.2. The second kappa shape index (κ2) is 6.70. The van der Waals surface area contributed by atoms with Gasteiger partial charge in [-0.15, -0.1) is 0 Å². The molecule has 2 N–H and O–H groups in total. The van der Waals surface area contributed by atoms with E-state index in [0.29, 0.717) is 22.7 Å². The van der Waals surface area contributed by atoms with Crippen molar-refractivity contribution in [2.24, 2.45) is 0 Å². The highest BCUT2D eigenvalue weighted by Gasteiger charge is 2.17. The Morgan fingerprint density at radius 3 is 2.43 bits per heavy atom. The van der Waals surface area contributed by atoms with Crippen LogP contribution in [-0.4, -0.2) is 21.4 Å². The Bertz CT molecular complexity index is 832. The maximum Gasteiger partial charge on any atom is 0.262 e. The van der Waals surface area contributed by atoms with Gasteiger partial charge < -0.3 is 10.1 Å². The predicted molar refractivity (Wildman–Crippen MR) is 89.3 cm³/mol. The minimum Gasteiger partial charge on any atom is -0.495 e. The van der Waals surface area contributed by atoms with Crippen molar-refractivity contribution in [3.8, 4) is 5.75 Å². The standard InChI is InChI=1S/C16H18N2O4S/c1-11-6-4-5-7-16(11)23(20,21)18-13-8-9-15(22-3)14(10-13)17-12(2)19/h4-10,18H,1-3H3,(H,17,19). The molecule has 0 radical (unpaired) electrons. The number of nitrogens with one attached hydrogen (secondary N) is 2. The van der Waals surface area contributed by atoms with E-state index >= 15 is 0 Å². The Labute approximate surface area is 135 Å². The predicted octanol–water partition coefficient (Wildman–Crippen LogP) is 2.76. The van der Waals surface area contributed by atoms with E-state index in [1.165, 1.54) is 26.2 Å². The molecule has 0 aliphatic carbocycles. The van der Waals surface area contributed by atoms with Crippen LogP contribution >= 0.6 is 0 Å². The molecule has 1 amide bonds. The van der Waals surface area contributed by atoms with Crippen LogP contribution in [0, 0.1) is 6.92 Å². The summed E-state index contributed by atoms with van der Waals surface area (Å²) in [6.45, 7) is 3.09. The maximum absolute atomic E-state index is 12.5. The van der Waals surface area contributed by atoms with Crippen molar-refractivity contribution in [1.29, 1.82) is 0 Å². The molecule has 0 heterocycles. The first-order valence-corrected chi connectivity index (χ1v) is 8.36. The van der Waals surface area contributed by atoms with E-state index in [0.717, 1.165) is 0 Å². The van der Waals surface area contributed by atoms with E-state index in [2.05, 4.69) is 10.0 Å². The molecule has 0 aliphatic rings. The van der Waals surface area contributed by atoms with Crippen molar-refractivity contribution in [2.45, 2.75) is 18.7 Å². The molecule has 122 valence electrons. The first-order valence-electron chi connectivity index (χ1n) is 6.87. The van der Waals surface area contributed by atoms with Crippen molar-refractivity contribution >= 4 is 27.3 Å². The zero-order valence-electron chi connectivity index (χ0n) is 13.1. The molecule has 23 heavy (non-hydrogen) atoms. The molecule has 7 heteroatoms. The Hall–Kier alpha value is -2.54. The van der Waals surface area contributed by atoms with E-state index in [1.807, 2.05) is 0 Å². The average Bonchev–Trinajstić information content (AvgIpc) is 2.46. The van der Waals surface area contributed by atoms with Gasteiger partial charge in [-0.1, -0.05) is 18.2 Å². The van der Waals surface area contributed by atoms with Gasteiger partial charge in [-0.05, 0) is 36.8 Å². The first-order chi connectivity index (χ1) is 10.8. The van der Waals surface area contributed by atoms with Gasteiger partial charge in [0.1, 0.15) is 5.75 Å². The Kier molecular flexibility index (Phi) is 4.90. The summed E-state index contributed by atoms with van der Waals surface area (Å²) in [5.41, 5.74) is 1.37. The summed E-state index contributed by atoms with van der Waals surface area (Å²) >= 11 is 0. The summed E-state index contributed by atoms with van der Waals surface area (Å²) in [5.74, 6) is 0.168. The van der Waals surface area contributed by atoms with Crippen LogP contribution in [-0.2, 0) is 14.8 Å². The van der Waals surface area contributed by atoms with Gasteiger partial charge in [0.2, 0.25) is 5.91 Å². The number of rotatable bonds is 5. The summed E-state index contributed by atoms with van der Waals surface area (Å²) in [4.78, 5) is 11.4. The van der Waals surface area contributed by atoms with Gasteiger partial charge in [-0.2, -0.15) is 0 Å². The number of aryl methyl sites for hydroxylation is 1. The number of amides is 1. The molecule has 2 rings (SSSR count). The number of hydrogen-bond donors (Lipinski definition) is 2. The molecule has 0 aromatic heterocycles. The van der Waals surface area contributed by atoms with Crippen LogP contribution in [0.15, 0.2) is 47.4 Å². The fourth-order valence-electron chi connectivity index (χ4n) is 2.13. The number of hydrogen-bond acceptors (Lipinski definition) is 4. The SMILES string of the molecule is COc1ccc(NS(=O)(=O)c2ccccc2C)cc1NC(C)=O. The number of ether oxygens (including phenoxy) is 1. The highest BCUT2D eigenvalue weighted by Crippen LogP contribution is 2.29. The largest absolute Gasteiger partial charge is 0.495 e. The Balaban J connectivity index is 2.36. The molecule has 0 unspecified atom stereocenters. The minimum absolute atomic E-state index is 0.205. The van der Waals surface area contributed by atoms with Crippen molar-refractivity contribution < 1.29 is 17.9 Å². The number of carbonyl (C=O) groups is 1. The van der Waals surface area contributed by atoms with Gasteiger partial charge in [0.15, 0.2) is 0 Å². The minimum atomic E-state index is -3.71. The van der Waals surface area contributed by atoms with E-state index in [9.17, 15) is 13.2 Å². The van der Waals surface area contributed by atoms with E-state index in [-0.39, 0.29) is 10.8 Å². The molecule has 0 saturated carbocycles. The lowest BCUT2D eigenvalue weighted by molar-refractivity contribution is -0.114. The molecular weight excluding hydrogens is 316 g/mol. The van der Waals surface area contributed by atoms with E-state index in [1.54, 1.807) is 37.3 Å². The normalized spacial score (nSPS) is 10.9. The smallest absolute Gasteiger partial charge is 0.262 e.